The predicted molar refractivity (Wildman–Crippen MR) is 229 cm³/mol. The standard InChI is InChI=1S/2C23H21O.C2H6Si.2ClH.Zr/c2*1-4-17-10-11-19-13-20(22-12-15(2)16(3)24-22)14-21(19)23(17)18-8-6-5-7-9-18;1-3-2;;;/h2*5-14H,4H2,1-3H3;1-2H3;2*1H;/q;;;;;+2/p-2. The van der Waals surface area contributed by atoms with Crippen molar-refractivity contribution >= 4 is 45.8 Å². The quantitative estimate of drug-likeness (QED) is 0.143. The van der Waals surface area contributed by atoms with E-state index in [4.69, 9.17) is 25.9 Å². The first-order valence-corrected chi connectivity index (χ1v) is 34.6. The fourth-order valence-electron chi connectivity index (χ4n) is 9.21. The van der Waals surface area contributed by atoms with Gasteiger partial charge in [-0.15, -0.1) is 0 Å². The number of furan rings is 2. The Kier molecular flexibility index (Phi) is 9.70. The van der Waals surface area contributed by atoms with Gasteiger partial charge in [0.15, 0.2) is 0 Å². The van der Waals surface area contributed by atoms with E-state index in [9.17, 15) is 0 Å². The van der Waals surface area contributed by atoms with Gasteiger partial charge in [0.25, 0.3) is 0 Å². The molecule has 274 valence electrons. The number of rotatable bonds is 8. The number of hydrogen-bond donors (Lipinski definition) is 0. The van der Waals surface area contributed by atoms with Gasteiger partial charge in [-0.2, -0.15) is 0 Å². The summed E-state index contributed by atoms with van der Waals surface area (Å²) < 4.78 is 12.9. The van der Waals surface area contributed by atoms with Crippen LogP contribution in [0.25, 0.3) is 45.6 Å². The van der Waals surface area contributed by atoms with Gasteiger partial charge in [-0.3, -0.25) is 0 Å². The van der Waals surface area contributed by atoms with Crippen LogP contribution in [0.4, 0.5) is 0 Å². The molecule has 8 rings (SSSR count). The molecule has 0 fully saturated rings. The minimum atomic E-state index is -5.38. The number of allylic oxidation sites excluding steroid dienone is 2. The van der Waals surface area contributed by atoms with Crippen LogP contribution in [0.1, 0.15) is 88.6 Å². The Morgan fingerprint density at radius 1 is 0.574 bits per heavy atom. The second-order valence-electron chi connectivity index (χ2n) is 15.6. The first-order chi connectivity index (χ1) is 25.9. The number of aryl methyl sites for hydroxylation is 6. The summed E-state index contributed by atoms with van der Waals surface area (Å²) in [6.07, 6.45) is 6.61. The summed E-state index contributed by atoms with van der Waals surface area (Å²) in [5, 5.41) is 0. The van der Waals surface area contributed by atoms with E-state index in [2.05, 4.69) is 164 Å². The Morgan fingerprint density at radius 3 is 1.28 bits per heavy atom. The normalized spacial score (nSPS) is 16.6. The van der Waals surface area contributed by atoms with Crippen LogP contribution in [-0.2, 0) is 27.9 Å². The van der Waals surface area contributed by atoms with E-state index in [1.165, 1.54) is 55.6 Å². The van der Waals surface area contributed by atoms with E-state index in [0.29, 0.717) is 0 Å². The second kappa shape index (κ2) is 14.0. The molecule has 4 aromatic carbocycles. The van der Waals surface area contributed by atoms with Crippen molar-refractivity contribution in [3.05, 3.63) is 165 Å². The SMILES string of the molecule is CCc1ccc2c(c1-c1ccccc1)C=C(c1cc(C)c(C)o1)[CH]2[Zr]([Cl])([Cl])([CH]1C(c2cc(C)c(C)o2)=Cc2c1ccc(CC)c2-c1ccccc1)=[Si](C)C. The third-order valence-electron chi connectivity index (χ3n) is 12.4. The summed E-state index contributed by atoms with van der Waals surface area (Å²) in [6, 6.07) is 35.3. The average Bonchev–Trinajstić information content (AvgIpc) is 3.94. The van der Waals surface area contributed by atoms with E-state index in [0.717, 1.165) is 58.2 Å². The fraction of sp³-hybridized carbons (Fsp3) is 0.250. The molecule has 0 amide bonds. The van der Waals surface area contributed by atoms with Crippen LogP contribution in [0, 0.1) is 27.7 Å². The molecule has 0 bridgehead atoms. The first kappa shape index (κ1) is 37.5. The van der Waals surface area contributed by atoms with E-state index < -0.39 is 20.4 Å². The molecule has 0 spiro atoms. The molecule has 6 heteroatoms. The van der Waals surface area contributed by atoms with Crippen LogP contribution in [0.15, 0.2) is 106 Å². The molecule has 2 unspecified atom stereocenters. The molecule has 0 N–H and O–H groups in total. The molecule has 0 saturated heterocycles. The van der Waals surface area contributed by atoms with Crippen LogP contribution < -0.4 is 0 Å². The Morgan fingerprint density at radius 2 is 0.963 bits per heavy atom. The monoisotopic (exact) mass is 844 g/mol. The van der Waals surface area contributed by atoms with Crippen LogP contribution in [0.2, 0.25) is 13.1 Å². The summed E-state index contributed by atoms with van der Waals surface area (Å²) >= 11 is -5.38. The number of halogens is 2. The topological polar surface area (TPSA) is 26.3 Å². The van der Waals surface area contributed by atoms with Gasteiger partial charge in [0.1, 0.15) is 0 Å². The maximum atomic E-state index is 8.98. The van der Waals surface area contributed by atoms with Crippen molar-refractivity contribution in [2.75, 3.05) is 0 Å². The first-order valence-electron chi connectivity index (χ1n) is 19.2. The second-order valence-corrected chi connectivity index (χ2v) is 54.3. The van der Waals surface area contributed by atoms with Crippen LogP contribution in [0.3, 0.4) is 0 Å². The van der Waals surface area contributed by atoms with Crippen molar-refractivity contribution in [2.24, 2.45) is 0 Å². The predicted octanol–water partition coefficient (Wildman–Crippen LogP) is 14.7. The molecule has 2 heterocycles. The van der Waals surface area contributed by atoms with Crippen molar-refractivity contribution in [2.45, 2.75) is 74.7 Å². The molecule has 0 aliphatic heterocycles. The molecule has 2 aliphatic rings. The summed E-state index contributed by atoms with van der Waals surface area (Å²) in [5.74, 6) is 3.58. The number of fused-ring (bicyclic) bond motifs is 2. The third-order valence-corrected chi connectivity index (χ3v) is 58.6. The van der Waals surface area contributed by atoms with Crippen molar-refractivity contribution in [3.8, 4) is 22.3 Å². The van der Waals surface area contributed by atoms with Gasteiger partial charge < -0.3 is 0 Å². The number of hydrogen-bond acceptors (Lipinski definition) is 2. The van der Waals surface area contributed by atoms with Crippen molar-refractivity contribution in [1.82, 2.24) is 0 Å². The van der Waals surface area contributed by atoms with Gasteiger partial charge in [-0.1, -0.05) is 0 Å². The van der Waals surface area contributed by atoms with Crippen LogP contribution in [-0.4, -0.2) is 5.43 Å². The summed E-state index contributed by atoms with van der Waals surface area (Å²) in [7, 11) is 18.0. The van der Waals surface area contributed by atoms with Crippen molar-refractivity contribution in [3.63, 3.8) is 0 Å². The summed E-state index contributed by atoms with van der Waals surface area (Å²) in [4.78, 5) is 0. The van der Waals surface area contributed by atoms with Crippen LogP contribution in [0.5, 0.6) is 0 Å². The van der Waals surface area contributed by atoms with Crippen LogP contribution >= 0.6 is 17.0 Å². The van der Waals surface area contributed by atoms with Gasteiger partial charge >= 0.3 is 331 Å². The van der Waals surface area contributed by atoms with Gasteiger partial charge in [-0.25, -0.2) is 0 Å². The van der Waals surface area contributed by atoms with Gasteiger partial charge in [0.2, 0.25) is 0 Å². The summed E-state index contributed by atoms with van der Waals surface area (Å²) in [6.45, 7) is 17.6. The van der Waals surface area contributed by atoms with Crippen molar-refractivity contribution < 1.29 is 23.8 Å². The number of benzene rings is 4. The molecule has 2 aliphatic carbocycles. The maximum absolute atomic E-state index is 8.98. The Labute approximate surface area is 328 Å². The van der Waals surface area contributed by atoms with Crippen molar-refractivity contribution in [1.29, 1.82) is 0 Å². The molecule has 6 aromatic rings. The van der Waals surface area contributed by atoms with E-state index in [1.807, 2.05) is 0 Å². The minimum absolute atomic E-state index is 0.213. The van der Waals surface area contributed by atoms with Gasteiger partial charge in [0, 0.05) is 0 Å². The zero-order valence-electron chi connectivity index (χ0n) is 32.5. The third kappa shape index (κ3) is 5.73. The molecule has 0 radical (unpaired) electrons. The Hall–Kier alpha value is -3.40. The molecule has 0 saturated carbocycles. The molecular formula is C48H48Cl2O2SiZr. The average molecular weight is 847 g/mol. The van der Waals surface area contributed by atoms with E-state index in [-0.39, 0.29) is 7.25 Å². The molecule has 2 nitrogen and oxygen atoms in total. The zero-order chi connectivity index (χ0) is 38.1. The fourth-order valence-corrected chi connectivity index (χ4v) is 36.9. The molecular weight excluding hydrogens is 799 g/mol. The molecule has 54 heavy (non-hydrogen) atoms. The summed E-state index contributed by atoms with van der Waals surface area (Å²) in [5.41, 5.74) is 15.5. The Bertz CT molecular complexity index is 2390. The zero-order valence-corrected chi connectivity index (χ0v) is 37.5. The van der Waals surface area contributed by atoms with E-state index in [1.54, 1.807) is 0 Å². The molecule has 2 aromatic heterocycles. The Balaban J connectivity index is 1.49. The van der Waals surface area contributed by atoms with Gasteiger partial charge in [0.05, 0.1) is 0 Å². The molecule has 2 atom stereocenters. The van der Waals surface area contributed by atoms with E-state index >= 15 is 0 Å². The van der Waals surface area contributed by atoms with Gasteiger partial charge in [-0.05, 0) is 0 Å².